The maximum atomic E-state index is 3.38. The Morgan fingerprint density at radius 2 is 1.88 bits per heavy atom. The van der Waals surface area contributed by atoms with E-state index in [1.807, 2.05) is 0 Å². The Bertz CT molecular complexity index is 161. The molecule has 1 rings (SSSR count). The monoisotopic (exact) mass is 227 g/mol. The van der Waals surface area contributed by atoms with Crippen molar-refractivity contribution in [3.63, 3.8) is 0 Å². The van der Waals surface area contributed by atoms with E-state index < -0.39 is 0 Å². The molecule has 1 aliphatic rings. The lowest BCUT2D eigenvalue weighted by molar-refractivity contribution is 0.270. The quantitative estimate of drug-likeness (QED) is 0.663. The van der Waals surface area contributed by atoms with Crippen molar-refractivity contribution in [1.29, 1.82) is 0 Å². The number of unbranched alkanes of at least 4 members (excludes halogenated alkanes) is 2. The van der Waals surface area contributed by atoms with Gasteiger partial charge in [0.15, 0.2) is 0 Å². The van der Waals surface area contributed by atoms with Crippen molar-refractivity contribution in [2.24, 2.45) is 0 Å². The first-order chi connectivity index (χ1) is 7.83. The molecule has 0 spiro atoms. The van der Waals surface area contributed by atoms with Crippen molar-refractivity contribution in [3.05, 3.63) is 0 Å². The minimum absolute atomic E-state index is 1.11. The molecule has 1 aliphatic heterocycles. The van der Waals surface area contributed by atoms with E-state index in [4.69, 9.17) is 0 Å². The molecule has 3 nitrogen and oxygen atoms in total. The van der Waals surface area contributed by atoms with Gasteiger partial charge in [0.05, 0.1) is 0 Å². The molecule has 3 heteroatoms. The minimum Gasteiger partial charge on any atom is -0.317 e. The molecule has 0 unspecified atom stereocenters. The summed E-state index contributed by atoms with van der Waals surface area (Å²) in [5.74, 6) is 0. The van der Waals surface area contributed by atoms with E-state index >= 15 is 0 Å². The van der Waals surface area contributed by atoms with Crippen LogP contribution in [0.4, 0.5) is 0 Å². The van der Waals surface area contributed by atoms with Gasteiger partial charge < -0.3 is 15.1 Å². The fourth-order valence-electron chi connectivity index (χ4n) is 2.26. The normalized spacial score (nSPS) is 19.9. The highest BCUT2D eigenvalue weighted by Crippen LogP contribution is 2.03. The SMILES string of the molecule is CCNCCCCCN1CCCN(C)CC1. The van der Waals surface area contributed by atoms with Crippen LogP contribution in [0.2, 0.25) is 0 Å². The van der Waals surface area contributed by atoms with Gasteiger partial charge in [-0.2, -0.15) is 0 Å². The minimum atomic E-state index is 1.11. The Kier molecular flexibility index (Phi) is 7.81. The lowest BCUT2D eigenvalue weighted by Crippen LogP contribution is -2.29. The third kappa shape index (κ3) is 6.46. The summed E-state index contributed by atoms with van der Waals surface area (Å²) in [4.78, 5) is 5.09. The van der Waals surface area contributed by atoms with Gasteiger partial charge in [0.1, 0.15) is 0 Å². The van der Waals surface area contributed by atoms with Crippen LogP contribution >= 0.6 is 0 Å². The summed E-state index contributed by atoms with van der Waals surface area (Å²) in [5, 5.41) is 3.38. The second-order valence-electron chi connectivity index (χ2n) is 4.91. The molecular weight excluding hydrogens is 198 g/mol. The predicted molar refractivity (Wildman–Crippen MR) is 70.9 cm³/mol. The van der Waals surface area contributed by atoms with Crippen LogP contribution in [0, 0.1) is 0 Å². The molecule has 1 N–H and O–H groups in total. The van der Waals surface area contributed by atoms with E-state index in [9.17, 15) is 0 Å². The molecule has 0 atom stereocenters. The smallest absolute Gasteiger partial charge is 0.0109 e. The fourth-order valence-corrected chi connectivity index (χ4v) is 2.26. The molecule has 0 aliphatic carbocycles. The van der Waals surface area contributed by atoms with Crippen molar-refractivity contribution in [2.75, 3.05) is 52.9 Å². The van der Waals surface area contributed by atoms with Gasteiger partial charge in [-0.3, -0.25) is 0 Å². The lowest BCUT2D eigenvalue weighted by Gasteiger charge is -2.19. The predicted octanol–water partition coefficient (Wildman–Crippen LogP) is 1.40. The first kappa shape index (κ1) is 13.9. The number of hydrogen-bond donors (Lipinski definition) is 1. The number of likely N-dealkylation sites (N-methyl/N-ethyl adjacent to an activating group) is 1. The van der Waals surface area contributed by atoms with Crippen LogP contribution in [0.25, 0.3) is 0 Å². The molecule has 16 heavy (non-hydrogen) atoms. The second-order valence-corrected chi connectivity index (χ2v) is 4.91. The van der Waals surface area contributed by atoms with Gasteiger partial charge >= 0.3 is 0 Å². The largest absolute Gasteiger partial charge is 0.317 e. The summed E-state index contributed by atoms with van der Waals surface area (Å²) < 4.78 is 0. The van der Waals surface area contributed by atoms with Crippen LogP contribution in [-0.2, 0) is 0 Å². The van der Waals surface area contributed by atoms with Gasteiger partial charge in [-0.1, -0.05) is 13.3 Å². The summed E-state index contributed by atoms with van der Waals surface area (Å²) in [7, 11) is 2.24. The van der Waals surface area contributed by atoms with Crippen molar-refractivity contribution in [2.45, 2.75) is 32.6 Å². The first-order valence-electron chi connectivity index (χ1n) is 6.94. The summed E-state index contributed by atoms with van der Waals surface area (Å²) in [5.41, 5.74) is 0. The molecule has 1 saturated heterocycles. The zero-order valence-corrected chi connectivity index (χ0v) is 11.2. The summed E-state index contributed by atoms with van der Waals surface area (Å²) in [6.45, 7) is 10.9. The molecule has 0 saturated carbocycles. The van der Waals surface area contributed by atoms with Crippen LogP contribution in [0.15, 0.2) is 0 Å². The van der Waals surface area contributed by atoms with Crippen molar-refractivity contribution in [1.82, 2.24) is 15.1 Å². The van der Waals surface area contributed by atoms with Gasteiger partial charge in [-0.15, -0.1) is 0 Å². The summed E-state index contributed by atoms with van der Waals surface area (Å²) in [6.07, 6.45) is 5.42. The lowest BCUT2D eigenvalue weighted by atomic mass is 10.2. The number of nitrogens with zero attached hydrogens (tertiary/aromatic N) is 2. The molecule has 0 aromatic carbocycles. The molecule has 0 aromatic heterocycles. The molecule has 1 fully saturated rings. The van der Waals surface area contributed by atoms with Crippen LogP contribution in [-0.4, -0.2) is 62.7 Å². The number of rotatable bonds is 7. The van der Waals surface area contributed by atoms with Crippen LogP contribution in [0.5, 0.6) is 0 Å². The zero-order chi connectivity index (χ0) is 11.6. The Labute approximate surface area is 101 Å². The Balaban J connectivity index is 1.95. The average molecular weight is 227 g/mol. The molecule has 0 radical (unpaired) electrons. The molecule has 0 aromatic rings. The van der Waals surface area contributed by atoms with E-state index in [-0.39, 0.29) is 0 Å². The molecule has 0 bridgehead atoms. The van der Waals surface area contributed by atoms with E-state index in [1.165, 1.54) is 65.0 Å². The van der Waals surface area contributed by atoms with E-state index in [2.05, 4.69) is 29.1 Å². The van der Waals surface area contributed by atoms with Gasteiger partial charge in [0.25, 0.3) is 0 Å². The summed E-state index contributed by atoms with van der Waals surface area (Å²) in [6, 6.07) is 0. The van der Waals surface area contributed by atoms with Crippen LogP contribution in [0.1, 0.15) is 32.6 Å². The van der Waals surface area contributed by atoms with E-state index in [1.54, 1.807) is 0 Å². The standard InChI is InChI=1S/C13H29N3/c1-3-14-8-5-4-6-10-16-11-7-9-15(2)12-13-16/h14H,3-13H2,1-2H3. The topological polar surface area (TPSA) is 18.5 Å². The fraction of sp³-hybridized carbons (Fsp3) is 1.00. The third-order valence-corrected chi connectivity index (χ3v) is 3.39. The highest BCUT2D eigenvalue weighted by molar-refractivity contribution is 4.67. The van der Waals surface area contributed by atoms with Gasteiger partial charge in [-0.25, -0.2) is 0 Å². The highest BCUT2D eigenvalue weighted by atomic mass is 15.2. The van der Waals surface area contributed by atoms with Crippen LogP contribution in [0.3, 0.4) is 0 Å². The maximum absolute atomic E-state index is 3.38. The van der Waals surface area contributed by atoms with Crippen molar-refractivity contribution >= 4 is 0 Å². The molecule has 1 heterocycles. The van der Waals surface area contributed by atoms with Crippen molar-refractivity contribution < 1.29 is 0 Å². The highest BCUT2D eigenvalue weighted by Gasteiger charge is 2.10. The first-order valence-corrected chi connectivity index (χ1v) is 6.94. The van der Waals surface area contributed by atoms with Gasteiger partial charge in [-0.05, 0) is 59.0 Å². The maximum Gasteiger partial charge on any atom is 0.0109 e. The number of nitrogens with one attached hydrogen (secondary N) is 1. The Morgan fingerprint density at radius 1 is 1.00 bits per heavy atom. The van der Waals surface area contributed by atoms with Crippen molar-refractivity contribution in [3.8, 4) is 0 Å². The van der Waals surface area contributed by atoms with Crippen LogP contribution < -0.4 is 5.32 Å². The second kappa shape index (κ2) is 8.97. The van der Waals surface area contributed by atoms with Gasteiger partial charge in [0, 0.05) is 13.1 Å². The Morgan fingerprint density at radius 3 is 2.69 bits per heavy atom. The van der Waals surface area contributed by atoms with E-state index in [0.717, 1.165) is 6.54 Å². The van der Waals surface area contributed by atoms with Gasteiger partial charge in [0.2, 0.25) is 0 Å². The molecule has 96 valence electrons. The van der Waals surface area contributed by atoms with E-state index in [0.29, 0.717) is 0 Å². The number of hydrogen-bond acceptors (Lipinski definition) is 3. The average Bonchev–Trinajstić information content (AvgIpc) is 2.49. The Hall–Kier alpha value is -0.120. The molecular formula is C13H29N3. The third-order valence-electron chi connectivity index (χ3n) is 3.39. The molecule has 0 amide bonds. The zero-order valence-electron chi connectivity index (χ0n) is 11.2. The summed E-state index contributed by atoms with van der Waals surface area (Å²) >= 11 is 0.